The quantitative estimate of drug-likeness (QED) is 0.502. The Morgan fingerprint density at radius 3 is 2.56 bits per heavy atom. The maximum Gasteiger partial charge on any atom is 0.259 e. The van der Waals surface area contributed by atoms with Gasteiger partial charge in [-0.2, -0.15) is 5.10 Å². The van der Waals surface area contributed by atoms with E-state index in [1.165, 1.54) is 6.21 Å². The van der Waals surface area contributed by atoms with E-state index in [-0.39, 0.29) is 12.5 Å². The monoisotopic (exact) mass is 399 g/mol. The van der Waals surface area contributed by atoms with Crippen LogP contribution >= 0.6 is 23.2 Å². The van der Waals surface area contributed by atoms with E-state index >= 15 is 0 Å². The molecule has 0 radical (unpaired) electrons. The number of nitrogens with one attached hydrogen (secondary N) is 2. The van der Waals surface area contributed by atoms with Gasteiger partial charge in [0.1, 0.15) is 0 Å². The first kappa shape index (κ1) is 18.9. The van der Waals surface area contributed by atoms with Crippen LogP contribution in [0.4, 0.5) is 0 Å². The molecule has 0 bridgehead atoms. The second kappa shape index (κ2) is 8.66. The molecule has 3 aromatic carbocycles. The van der Waals surface area contributed by atoms with E-state index in [2.05, 4.69) is 15.8 Å². The molecule has 136 valence electrons. The number of fused-ring (bicyclic) bond motifs is 1. The number of carbonyl (C=O) groups excluding carboxylic acids is 2. The summed E-state index contributed by atoms with van der Waals surface area (Å²) in [6.07, 6.45) is 1.39. The Labute approximate surface area is 166 Å². The maximum atomic E-state index is 12.4. The second-order valence-corrected chi connectivity index (χ2v) is 6.43. The lowest BCUT2D eigenvalue weighted by Gasteiger charge is -2.07. The van der Waals surface area contributed by atoms with Gasteiger partial charge in [0.15, 0.2) is 0 Å². The first-order valence-corrected chi connectivity index (χ1v) is 8.84. The first-order chi connectivity index (χ1) is 13.1. The molecule has 0 saturated heterocycles. The largest absolute Gasteiger partial charge is 0.343 e. The standard InChI is InChI=1S/C20H15Cl2N3O2/c21-17-10-4-7-14(19(17)22)11-24-25-18(26)12-23-20(27)16-9-3-6-13-5-1-2-8-15(13)16/h1-11H,12H2,(H,23,27)(H,25,26)/b24-11+. The molecular formula is C20H15Cl2N3O2. The second-order valence-electron chi connectivity index (χ2n) is 5.65. The highest BCUT2D eigenvalue weighted by Crippen LogP contribution is 2.24. The van der Waals surface area contributed by atoms with Gasteiger partial charge in [-0.1, -0.05) is 71.7 Å². The summed E-state index contributed by atoms with van der Waals surface area (Å²) in [5.74, 6) is -0.790. The number of benzene rings is 3. The zero-order chi connectivity index (χ0) is 19.2. The van der Waals surface area contributed by atoms with Crippen LogP contribution in [0.2, 0.25) is 10.0 Å². The minimum Gasteiger partial charge on any atom is -0.343 e. The number of hydrazone groups is 1. The van der Waals surface area contributed by atoms with Crippen LogP contribution in [0.1, 0.15) is 15.9 Å². The van der Waals surface area contributed by atoms with Gasteiger partial charge in [0.2, 0.25) is 0 Å². The van der Waals surface area contributed by atoms with E-state index in [4.69, 9.17) is 23.2 Å². The molecule has 0 aliphatic heterocycles. The molecule has 3 rings (SSSR count). The van der Waals surface area contributed by atoms with E-state index in [1.807, 2.05) is 30.3 Å². The van der Waals surface area contributed by atoms with Crippen LogP contribution in [0.25, 0.3) is 10.8 Å². The highest BCUT2D eigenvalue weighted by atomic mass is 35.5. The number of hydrogen-bond acceptors (Lipinski definition) is 3. The topological polar surface area (TPSA) is 70.6 Å². The minimum atomic E-state index is -0.460. The van der Waals surface area contributed by atoms with Crippen LogP contribution in [0.5, 0.6) is 0 Å². The van der Waals surface area contributed by atoms with E-state index in [9.17, 15) is 9.59 Å². The van der Waals surface area contributed by atoms with Crippen molar-refractivity contribution in [2.24, 2.45) is 5.10 Å². The predicted octanol–water partition coefficient (Wildman–Crippen LogP) is 4.03. The Morgan fingerprint density at radius 2 is 1.70 bits per heavy atom. The molecule has 0 atom stereocenters. The molecule has 0 aliphatic carbocycles. The fourth-order valence-corrected chi connectivity index (χ4v) is 2.87. The molecule has 0 saturated carbocycles. The molecule has 27 heavy (non-hydrogen) atoms. The fraction of sp³-hybridized carbons (Fsp3) is 0.0500. The molecule has 2 amide bonds. The van der Waals surface area contributed by atoms with Crippen molar-refractivity contribution in [2.45, 2.75) is 0 Å². The summed E-state index contributed by atoms with van der Waals surface area (Å²) in [5.41, 5.74) is 3.42. The molecule has 0 unspecified atom stereocenters. The van der Waals surface area contributed by atoms with Crippen LogP contribution in [-0.4, -0.2) is 24.6 Å². The van der Waals surface area contributed by atoms with Gasteiger partial charge in [0.25, 0.3) is 11.8 Å². The van der Waals surface area contributed by atoms with Crippen LogP contribution in [-0.2, 0) is 4.79 Å². The van der Waals surface area contributed by atoms with Gasteiger partial charge in [0.05, 0.1) is 22.8 Å². The summed E-state index contributed by atoms with van der Waals surface area (Å²) >= 11 is 11.9. The number of halogens is 2. The summed E-state index contributed by atoms with van der Waals surface area (Å²) in [4.78, 5) is 24.3. The van der Waals surface area contributed by atoms with Gasteiger partial charge in [0, 0.05) is 11.1 Å². The highest BCUT2D eigenvalue weighted by molar-refractivity contribution is 6.43. The highest BCUT2D eigenvalue weighted by Gasteiger charge is 2.10. The predicted molar refractivity (Wildman–Crippen MR) is 108 cm³/mol. The lowest BCUT2D eigenvalue weighted by Crippen LogP contribution is -2.35. The minimum absolute atomic E-state index is 0.206. The van der Waals surface area contributed by atoms with Gasteiger partial charge in [-0.25, -0.2) is 5.43 Å². The summed E-state index contributed by atoms with van der Waals surface area (Å²) < 4.78 is 0. The van der Waals surface area contributed by atoms with Gasteiger partial charge < -0.3 is 5.32 Å². The van der Waals surface area contributed by atoms with Crippen LogP contribution in [0, 0.1) is 0 Å². The Balaban J connectivity index is 1.58. The number of rotatable bonds is 5. The Morgan fingerprint density at radius 1 is 0.963 bits per heavy atom. The number of hydrogen-bond donors (Lipinski definition) is 2. The van der Waals surface area contributed by atoms with Crippen molar-refractivity contribution in [1.82, 2.24) is 10.7 Å². The molecule has 5 nitrogen and oxygen atoms in total. The van der Waals surface area contributed by atoms with Crippen molar-refractivity contribution in [3.63, 3.8) is 0 Å². The molecule has 0 aliphatic rings. The van der Waals surface area contributed by atoms with Crippen LogP contribution in [0.3, 0.4) is 0 Å². The Hall–Kier alpha value is -2.89. The molecular weight excluding hydrogens is 385 g/mol. The first-order valence-electron chi connectivity index (χ1n) is 8.08. The fourth-order valence-electron chi connectivity index (χ4n) is 2.51. The van der Waals surface area contributed by atoms with Gasteiger partial charge in [-0.05, 0) is 22.9 Å². The third-order valence-corrected chi connectivity index (χ3v) is 4.65. The van der Waals surface area contributed by atoms with E-state index in [1.54, 1.807) is 30.3 Å². The van der Waals surface area contributed by atoms with Gasteiger partial charge >= 0.3 is 0 Å². The van der Waals surface area contributed by atoms with Gasteiger partial charge in [-0.15, -0.1) is 0 Å². The summed E-state index contributed by atoms with van der Waals surface area (Å²) in [7, 11) is 0. The third-order valence-electron chi connectivity index (χ3n) is 3.82. The number of nitrogens with zero attached hydrogens (tertiary/aromatic N) is 1. The molecule has 7 heteroatoms. The normalized spacial score (nSPS) is 10.9. The molecule has 0 spiro atoms. The van der Waals surface area contributed by atoms with Crippen molar-refractivity contribution in [3.05, 3.63) is 81.8 Å². The average molecular weight is 400 g/mol. The number of amides is 2. The molecule has 3 aromatic rings. The summed E-state index contributed by atoms with van der Waals surface area (Å²) in [5, 5.41) is 8.94. The zero-order valence-corrected chi connectivity index (χ0v) is 15.6. The molecule has 0 fully saturated rings. The van der Waals surface area contributed by atoms with Gasteiger partial charge in [-0.3, -0.25) is 9.59 Å². The van der Waals surface area contributed by atoms with Crippen LogP contribution in [0.15, 0.2) is 65.8 Å². The molecule has 2 N–H and O–H groups in total. The lowest BCUT2D eigenvalue weighted by atomic mass is 10.0. The third kappa shape index (κ3) is 4.64. The molecule has 0 aromatic heterocycles. The summed E-state index contributed by atoms with van der Waals surface area (Å²) in [6, 6.07) is 18.1. The Bertz CT molecular complexity index is 1030. The van der Waals surface area contributed by atoms with Crippen molar-refractivity contribution in [2.75, 3.05) is 6.54 Å². The van der Waals surface area contributed by atoms with Crippen LogP contribution < -0.4 is 10.7 Å². The maximum absolute atomic E-state index is 12.4. The Kier molecular flexibility index (Phi) is 6.06. The van der Waals surface area contributed by atoms with Crippen molar-refractivity contribution < 1.29 is 9.59 Å². The van der Waals surface area contributed by atoms with Crippen molar-refractivity contribution in [1.29, 1.82) is 0 Å². The number of carbonyl (C=O) groups is 2. The average Bonchev–Trinajstić information content (AvgIpc) is 2.69. The SMILES string of the molecule is O=C(CNC(=O)c1cccc2ccccc12)N/N=C/c1cccc(Cl)c1Cl. The molecule has 0 heterocycles. The van der Waals surface area contributed by atoms with E-state index in [0.29, 0.717) is 21.2 Å². The zero-order valence-electron chi connectivity index (χ0n) is 14.1. The lowest BCUT2D eigenvalue weighted by molar-refractivity contribution is -0.120. The van der Waals surface area contributed by atoms with E-state index in [0.717, 1.165) is 10.8 Å². The summed E-state index contributed by atoms with van der Waals surface area (Å²) in [6.45, 7) is -0.206. The van der Waals surface area contributed by atoms with Crippen molar-refractivity contribution >= 4 is 52.0 Å². The van der Waals surface area contributed by atoms with Crippen molar-refractivity contribution in [3.8, 4) is 0 Å². The van der Waals surface area contributed by atoms with E-state index < -0.39 is 5.91 Å². The smallest absolute Gasteiger partial charge is 0.259 e.